The number of ether oxygens (including phenoxy) is 1. The molecule has 0 bridgehead atoms. The third kappa shape index (κ3) is 5.62. The first-order chi connectivity index (χ1) is 16.0. The quantitative estimate of drug-likeness (QED) is 0.214. The Morgan fingerprint density at radius 3 is 2.73 bits per heavy atom. The van der Waals surface area contributed by atoms with Crippen molar-refractivity contribution in [1.82, 2.24) is 30.5 Å². The molecule has 0 amide bonds. The zero-order valence-electron chi connectivity index (χ0n) is 16.9. The Labute approximate surface area is 196 Å². The molecule has 0 spiro atoms. The van der Waals surface area contributed by atoms with Crippen molar-refractivity contribution in [2.24, 2.45) is 5.16 Å². The Kier molecular flexibility index (Phi) is 7.10. The van der Waals surface area contributed by atoms with Crippen LogP contribution in [-0.2, 0) is 19.4 Å². The maximum absolute atomic E-state index is 13.4. The standard InChI is InChI=1S/C20H16Cl2FN7O3/c21-13-2-4-14(5-3-13)32-8-7-19-24-28-29-30(19)11-18-20(27-33-26-18)17(25-31)10-12-1-6-16(23)15(22)9-12/h1-6,9,31H,7-8,10-11H2. The van der Waals surface area contributed by atoms with Crippen molar-refractivity contribution >= 4 is 28.9 Å². The maximum atomic E-state index is 13.4. The number of rotatable bonds is 9. The van der Waals surface area contributed by atoms with Crippen LogP contribution in [0.4, 0.5) is 4.39 Å². The van der Waals surface area contributed by atoms with E-state index < -0.39 is 5.82 Å². The fraction of sp³-hybridized carbons (Fsp3) is 0.200. The molecule has 2 heterocycles. The van der Waals surface area contributed by atoms with E-state index in [2.05, 4.69) is 31.0 Å². The molecule has 0 radical (unpaired) electrons. The van der Waals surface area contributed by atoms with Gasteiger partial charge in [-0.15, -0.1) is 5.10 Å². The number of hydrogen-bond acceptors (Lipinski definition) is 9. The Morgan fingerprint density at radius 1 is 1.15 bits per heavy atom. The first-order valence-corrected chi connectivity index (χ1v) is 10.4. The molecule has 0 aliphatic heterocycles. The fourth-order valence-electron chi connectivity index (χ4n) is 3.00. The molecular formula is C20H16Cl2FN7O3. The molecule has 4 rings (SSSR count). The number of aromatic nitrogens is 6. The second-order valence-corrected chi connectivity index (χ2v) is 7.68. The van der Waals surface area contributed by atoms with Crippen molar-refractivity contribution < 1.29 is 19.0 Å². The molecule has 0 saturated heterocycles. The molecule has 0 atom stereocenters. The minimum absolute atomic E-state index is 0.0394. The SMILES string of the molecule is ON=C(Cc1ccc(F)c(Cl)c1)c1nonc1Cn1nnnc1CCOc1ccc(Cl)cc1. The Morgan fingerprint density at radius 2 is 1.97 bits per heavy atom. The molecule has 1 N–H and O–H groups in total. The predicted octanol–water partition coefficient (Wildman–Crippen LogP) is 3.59. The van der Waals surface area contributed by atoms with Crippen LogP contribution in [-0.4, -0.2) is 48.0 Å². The number of nitrogens with zero attached hydrogens (tertiary/aromatic N) is 7. The van der Waals surface area contributed by atoms with Gasteiger partial charge in [-0.3, -0.25) is 0 Å². The van der Waals surface area contributed by atoms with Gasteiger partial charge in [0.15, 0.2) is 11.5 Å². The van der Waals surface area contributed by atoms with Gasteiger partial charge >= 0.3 is 0 Å². The third-order valence-corrected chi connectivity index (χ3v) is 5.16. The van der Waals surface area contributed by atoms with Gasteiger partial charge in [0.05, 0.1) is 18.2 Å². The summed E-state index contributed by atoms with van der Waals surface area (Å²) in [6.45, 7) is 0.450. The molecule has 33 heavy (non-hydrogen) atoms. The lowest BCUT2D eigenvalue weighted by Gasteiger charge is -2.07. The monoisotopic (exact) mass is 491 g/mol. The molecule has 2 aromatic heterocycles. The van der Waals surface area contributed by atoms with Crippen molar-refractivity contribution in [1.29, 1.82) is 0 Å². The van der Waals surface area contributed by atoms with Crippen LogP contribution in [0.25, 0.3) is 0 Å². The predicted molar refractivity (Wildman–Crippen MR) is 115 cm³/mol. The van der Waals surface area contributed by atoms with E-state index in [-0.39, 0.29) is 29.4 Å². The highest BCUT2D eigenvalue weighted by Gasteiger charge is 2.20. The van der Waals surface area contributed by atoms with Gasteiger partial charge in [0.2, 0.25) is 0 Å². The van der Waals surface area contributed by atoms with Gasteiger partial charge in [0, 0.05) is 17.9 Å². The smallest absolute Gasteiger partial charge is 0.158 e. The largest absolute Gasteiger partial charge is 0.493 e. The van der Waals surface area contributed by atoms with Crippen molar-refractivity contribution in [3.05, 3.63) is 81.1 Å². The summed E-state index contributed by atoms with van der Waals surface area (Å²) < 4.78 is 25.5. The minimum Gasteiger partial charge on any atom is -0.493 e. The topological polar surface area (TPSA) is 124 Å². The molecule has 0 aliphatic rings. The zero-order chi connectivity index (χ0) is 23.2. The van der Waals surface area contributed by atoms with Crippen LogP contribution in [0, 0.1) is 5.82 Å². The van der Waals surface area contributed by atoms with Crippen LogP contribution in [0.1, 0.15) is 22.8 Å². The van der Waals surface area contributed by atoms with E-state index in [0.29, 0.717) is 40.9 Å². The van der Waals surface area contributed by atoms with Gasteiger partial charge in [-0.25, -0.2) is 13.7 Å². The average molecular weight is 492 g/mol. The van der Waals surface area contributed by atoms with Crippen LogP contribution in [0.15, 0.2) is 52.2 Å². The molecule has 2 aromatic carbocycles. The minimum atomic E-state index is -0.544. The third-order valence-electron chi connectivity index (χ3n) is 4.62. The van der Waals surface area contributed by atoms with Crippen LogP contribution in [0.5, 0.6) is 5.75 Å². The van der Waals surface area contributed by atoms with E-state index in [9.17, 15) is 9.60 Å². The van der Waals surface area contributed by atoms with Crippen LogP contribution in [0.3, 0.4) is 0 Å². The molecule has 0 fully saturated rings. The molecule has 170 valence electrons. The molecule has 0 aliphatic carbocycles. The van der Waals surface area contributed by atoms with Gasteiger partial charge in [-0.2, -0.15) is 0 Å². The van der Waals surface area contributed by atoms with E-state index in [1.807, 2.05) is 0 Å². The maximum Gasteiger partial charge on any atom is 0.158 e. The van der Waals surface area contributed by atoms with Gasteiger partial charge in [-0.05, 0) is 57.5 Å². The molecule has 13 heteroatoms. The van der Waals surface area contributed by atoms with E-state index in [1.54, 1.807) is 24.3 Å². The summed E-state index contributed by atoms with van der Waals surface area (Å²) in [6.07, 6.45) is 0.542. The van der Waals surface area contributed by atoms with Crippen LogP contribution in [0.2, 0.25) is 10.0 Å². The summed E-state index contributed by atoms with van der Waals surface area (Å²) in [4.78, 5) is 0. The highest BCUT2D eigenvalue weighted by molar-refractivity contribution is 6.31. The van der Waals surface area contributed by atoms with Gasteiger partial charge < -0.3 is 9.94 Å². The number of benzene rings is 2. The lowest BCUT2D eigenvalue weighted by atomic mass is 10.1. The van der Waals surface area contributed by atoms with E-state index in [4.69, 9.17) is 32.6 Å². The van der Waals surface area contributed by atoms with Gasteiger partial charge in [-0.1, -0.05) is 39.6 Å². The second-order valence-electron chi connectivity index (χ2n) is 6.84. The Bertz CT molecular complexity index is 1260. The summed E-state index contributed by atoms with van der Waals surface area (Å²) >= 11 is 11.7. The van der Waals surface area contributed by atoms with Gasteiger partial charge in [0.25, 0.3) is 0 Å². The Balaban J connectivity index is 1.43. The fourth-order valence-corrected chi connectivity index (χ4v) is 3.33. The molecule has 0 saturated carbocycles. The van der Waals surface area contributed by atoms with Crippen molar-refractivity contribution in [3.63, 3.8) is 0 Å². The van der Waals surface area contributed by atoms with Crippen molar-refractivity contribution in [2.45, 2.75) is 19.4 Å². The Hall–Kier alpha value is -3.57. The molecule has 4 aromatic rings. The summed E-state index contributed by atoms with van der Waals surface area (Å²) in [6, 6.07) is 11.2. The zero-order valence-corrected chi connectivity index (χ0v) is 18.4. The second kappa shape index (κ2) is 10.4. The summed E-state index contributed by atoms with van der Waals surface area (Å²) in [5.41, 5.74) is 1.35. The highest BCUT2D eigenvalue weighted by Crippen LogP contribution is 2.19. The lowest BCUT2D eigenvalue weighted by molar-refractivity contribution is 0.299. The van der Waals surface area contributed by atoms with Crippen molar-refractivity contribution in [2.75, 3.05) is 6.61 Å². The molecule has 10 nitrogen and oxygen atoms in total. The van der Waals surface area contributed by atoms with Crippen molar-refractivity contribution in [3.8, 4) is 5.75 Å². The lowest BCUT2D eigenvalue weighted by Crippen LogP contribution is -2.15. The number of tetrazole rings is 1. The summed E-state index contributed by atoms with van der Waals surface area (Å²) in [7, 11) is 0. The normalized spacial score (nSPS) is 11.7. The first-order valence-electron chi connectivity index (χ1n) is 9.63. The number of halogens is 3. The summed E-state index contributed by atoms with van der Waals surface area (Å²) in [5.74, 6) is 0.676. The van der Waals surface area contributed by atoms with Crippen LogP contribution < -0.4 is 4.74 Å². The first kappa shape index (κ1) is 22.6. The average Bonchev–Trinajstić information content (AvgIpc) is 3.46. The van der Waals surface area contributed by atoms with Gasteiger partial charge in [0.1, 0.15) is 23.0 Å². The number of hydrogen-bond donors (Lipinski definition) is 1. The molecular weight excluding hydrogens is 476 g/mol. The van der Waals surface area contributed by atoms with E-state index in [1.165, 1.54) is 22.9 Å². The summed E-state index contributed by atoms with van der Waals surface area (Å²) in [5, 5.41) is 32.8. The number of oxime groups is 1. The van der Waals surface area contributed by atoms with E-state index >= 15 is 0 Å². The van der Waals surface area contributed by atoms with E-state index in [0.717, 1.165) is 0 Å². The highest BCUT2D eigenvalue weighted by atomic mass is 35.5. The van der Waals surface area contributed by atoms with Crippen LogP contribution >= 0.6 is 23.2 Å². The molecule has 0 unspecified atom stereocenters.